The summed E-state index contributed by atoms with van der Waals surface area (Å²) in [5, 5.41) is 4.92. The maximum Gasteiger partial charge on any atom is 0.274 e. The number of benzene rings is 1. The fourth-order valence-corrected chi connectivity index (χ4v) is 3.83. The van der Waals surface area contributed by atoms with E-state index in [-0.39, 0.29) is 33.8 Å². The number of hydrogen-bond donors (Lipinski definition) is 1. The summed E-state index contributed by atoms with van der Waals surface area (Å²) in [5.74, 6) is -4.56. The van der Waals surface area contributed by atoms with Gasteiger partial charge in [0.25, 0.3) is 5.91 Å². The fourth-order valence-electron chi connectivity index (χ4n) is 2.80. The van der Waals surface area contributed by atoms with Crippen molar-refractivity contribution in [3.05, 3.63) is 81.1 Å². The zero-order chi connectivity index (χ0) is 22.1. The minimum absolute atomic E-state index is 0.0188. The summed E-state index contributed by atoms with van der Waals surface area (Å²) >= 11 is 13.0. The summed E-state index contributed by atoms with van der Waals surface area (Å²) in [4.78, 5) is 25.2. The van der Waals surface area contributed by atoms with Gasteiger partial charge in [0.05, 0.1) is 18.4 Å². The number of pyridine rings is 1. The number of nitrogens with one attached hydrogen (secondary N) is 1. The van der Waals surface area contributed by atoms with Gasteiger partial charge < -0.3 is 9.88 Å². The van der Waals surface area contributed by atoms with Gasteiger partial charge in [0.1, 0.15) is 10.8 Å². The molecule has 4 rings (SSSR count). The van der Waals surface area contributed by atoms with Crippen LogP contribution in [0.15, 0.2) is 42.0 Å². The minimum atomic E-state index is -1.57. The number of aromatic nitrogens is 4. The lowest BCUT2D eigenvalue weighted by molar-refractivity contribution is 0.101. The monoisotopic (exact) mass is 483 g/mol. The van der Waals surface area contributed by atoms with Gasteiger partial charge in [-0.15, -0.1) is 11.3 Å². The number of anilines is 1. The van der Waals surface area contributed by atoms with Crippen molar-refractivity contribution in [2.75, 3.05) is 5.32 Å². The quantitative estimate of drug-likeness (QED) is 0.303. The van der Waals surface area contributed by atoms with E-state index in [9.17, 15) is 18.0 Å². The molecule has 1 N–H and O–H groups in total. The standard InChI is InChI=1S/C19H10Cl2F3N5OS/c20-14-2-1-12(16(21)28-14)27-18(30)13-7-26-17(19-25-3-4-31-19)29(13)8-9-5-10(22)15(24)11(23)6-9/h1-7H,8H2,(H,27,30). The van der Waals surface area contributed by atoms with Crippen LogP contribution in [0.5, 0.6) is 0 Å². The van der Waals surface area contributed by atoms with Crippen LogP contribution in [0, 0.1) is 17.5 Å². The molecular weight excluding hydrogens is 474 g/mol. The number of halogens is 5. The molecule has 0 radical (unpaired) electrons. The minimum Gasteiger partial charge on any atom is -0.318 e. The van der Waals surface area contributed by atoms with Crippen molar-refractivity contribution in [2.24, 2.45) is 0 Å². The highest BCUT2D eigenvalue weighted by Crippen LogP contribution is 2.26. The van der Waals surface area contributed by atoms with Crippen molar-refractivity contribution in [3.8, 4) is 10.8 Å². The highest BCUT2D eigenvalue weighted by atomic mass is 35.5. The summed E-state index contributed by atoms with van der Waals surface area (Å²) in [6.45, 7) is -0.168. The molecule has 4 aromatic rings. The third-order valence-corrected chi connectivity index (χ3v) is 5.43. The molecule has 158 valence electrons. The Morgan fingerprint density at radius 1 is 1.13 bits per heavy atom. The smallest absolute Gasteiger partial charge is 0.274 e. The number of amides is 1. The van der Waals surface area contributed by atoms with Gasteiger partial charge >= 0.3 is 0 Å². The maximum absolute atomic E-state index is 13.7. The summed E-state index contributed by atoms with van der Waals surface area (Å²) in [7, 11) is 0. The van der Waals surface area contributed by atoms with Gasteiger partial charge in [0.2, 0.25) is 0 Å². The van der Waals surface area contributed by atoms with E-state index >= 15 is 0 Å². The van der Waals surface area contributed by atoms with Crippen LogP contribution in [0.4, 0.5) is 18.9 Å². The number of thiazole rings is 1. The summed E-state index contributed by atoms with van der Waals surface area (Å²) in [6.07, 6.45) is 2.84. The van der Waals surface area contributed by atoms with Crippen LogP contribution >= 0.6 is 34.5 Å². The van der Waals surface area contributed by atoms with Crippen molar-refractivity contribution in [1.82, 2.24) is 19.5 Å². The van der Waals surface area contributed by atoms with Crippen molar-refractivity contribution in [1.29, 1.82) is 0 Å². The van der Waals surface area contributed by atoms with E-state index in [0.29, 0.717) is 10.8 Å². The average molecular weight is 484 g/mol. The molecule has 31 heavy (non-hydrogen) atoms. The molecule has 1 amide bonds. The highest BCUT2D eigenvalue weighted by Gasteiger charge is 2.21. The molecule has 3 aromatic heterocycles. The molecule has 0 atom stereocenters. The fraction of sp³-hybridized carbons (Fsp3) is 0.0526. The lowest BCUT2D eigenvalue weighted by atomic mass is 10.2. The van der Waals surface area contributed by atoms with Crippen LogP contribution in [-0.4, -0.2) is 25.4 Å². The first-order valence-corrected chi connectivity index (χ1v) is 10.2. The van der Waals surface area contributed by atoms with Crippen molar-refractivity contribution in [2.45, 2.75) is 6.54 Å². The second-order valence-electron chi connectivity index (χ2n) is 6.19. The Bertz CT molecular complexity index is 1260. The van der Waals surface area contributed by atoms with E-state index in [4.69, 9.17) is 23.2 Å². The Labute approximate surface area is 187 Å². The van der Waals surface area contributed by atoms with E-state index in [1.807, 2.05) is 0 Å². The zero-order valence-electron chi connectivity index (χ0n) is 15.2. The Hall–Kier alpha value is -2.95. The van der Waals surface area contributed by atoms with E-state index < -0.39 is 23.4 Å². The molecule has 0 fully saturated rings. The molecule has 12 heteroatoms. The Morgan fingerprint density at radius 3 is 2.52 bits per heavy atom. The van der Waals surface area contributed by atoms with Gasteiger partial charge in [0.15, 0.2) is 33.4 Å². The predicted octanol–water partition coefficient (Wildman–Crippen LogP) is 5.43. The SMILES string of the molecule is O=C(Nc1ccc(Cl)nc1Cl)c1cnc(-c2nccs2)n1Cc1cc(F)c(F)c(F)c1. The third-order valence-electron chi connectivity index (χ3n) is 4.16. The summed E-state index contributed by atoms with van der Waals surface area (Å²) < 4.78 is 42.2. The Balaban J connectivity index is 1.74. The molecule has 0 bridgehead atoms. The molecule has 0 saturated heterocycles. The highest BCUT2D eigenvalue weighted by molar-refractivity contribution is 7.13. The van der Waals surface area contributed by atoms with Crippen LogP contribution in [0.2, 0.25) is 10.3 Å². The van der Waals surface area contributed by atoms with Gasteiger partial charge in [0, 0.05) is 11.6 Å². The summed E-state index contributed by atoms with van der Waals surface area (Å²) in [6, 6.07) is 4.63. The van der Waals surface area contributed by atoms with Gasteiger partial charge in [-0.1, -0.05) is 23.2 Å². The van der Waals surface area contributed by atoms with Gasteiger partial charge in [-0.2, -0.15) is 0 Å². The number of carbonyl (C=O) groups is 1. The second-order valence-corrected chi connectivity index (χ2v) is 7.83. The number of hydrogen-bond acceptors (Lipinski definition) is 5. The Morgan fingerprint density at radius 2 is 1.87 bits per heavy atom. The maximum atomic E-state index is 13.7. The molecule has 6 nitrogen and oxygen atoms in total. The normalized spacial score (nSPS) is 11.0. The van der Waals surface area contributed by atoms with E-state index in [1.54, 1.807) is 11.6 Å². The van der Waals surface area contributed by atoms with E-state index in [1.165, 1.54) is 34.2 Å². The number of imidazole rings is 1. The molecule has 1 aromatic carbocycles. The molecule has 3 heterocycles. The second kappa shape index (κ2) is 8.66. The molecule has 0 aliphatic carbocycles. The van der Waals surface area contributed by atoms with Crippen LogP contribution in [0.3, 0.4) is 0 Å². The third kappa shape index (κ3) is 4.41. The van der Waals surface area contributed by atoms with Crippen LogP contribution in [0.25, 0.3) is 10.8 Å². The van der Waals surface area contributed by atoms with Crippen LogP contribution in [-0.2, 0) is 6.54 Å². The summed E-state index contributed by atoms with van der Waals surface area (Å²) in [5.41, 5.74) is 0.354. The molecule has 0 unspecified atom stereocenters. The number of carbonyl (C=O) groups excluding carboxylic acids is 1. The average Bonchev–Trinajstić information content (AvgIpc) is 3.38. The van der Waals surface area contributed by atoms with Crippen LogP contribution in [0.1, 0.15) is 16.1 Å². The van der Waals surface area contributed by atoms with Gasteiger partial charge in [-0.3, -0.25) is 4.79 Å². The first-order valence-electron chi connectivity index (χ1n) is 8.55. The first kappa shape index (κ1) is 21.3. The molecule has 0 aliphatic rings. The van der Waals surface area contributed by atoms with Crippen LogP contribution < -0.4 is 5.32 Å². The van der Waals surface area contributed by atoms with Crippen molar-refractivity contribution in [3.63, 3.8) is 0 Å². The molecule has 0 spiro atoms. The molecule has 0 aliphatic heterocycles. The van der Waals surface area contributed by atoms with Crippen molar-refractivity contribution >= 4 is 46.1 Å². The molecule has 0 saturated carbocycles. The largest absolute Gasteiger partial charge is 0.318 e. The van der Waals surface area contributed by atoms with Gasteiger partial charge in [-0.25, -0.2) is 28.1 Å². The topological polar surface area (TPSA) is 72.7 Å². The van der Waals surface area contributed by atoms with Crippen molar-refractivity contribution < 1.29 is 18.0 Å². The lowest BCUT2D eigenvalue weighted by Crippen LogP contribution is -2.18. The van der Waals surface area contributed by atoms with E-state index in [0.717, 1.165) is 12.1 Å². The predicted molar refractivity (Wildman–Crippen MR) is 111 cm³/mol. The zero-order valence-corrected chi connectivity index (χ0v) is 17.6. The first-order chi connectivity index (χ1) is 14.8. The lowest BCUT2D eigenvalue weighted by Gasteiger charge is -2.12. The Kier molecular flexibility index (Phi) is 5.94. The van der Waals surface area contributed by atoms with E-state index in [2.05, 4.69) is 20.3 Å². The number of nitrogens with zero attached hydrogens (tertiary/aromatic N) is 4. The molecular formula is C19H10Cl2F3N5OS. The number of rotatable bonds is 5. The van der Waals surface area contributed by atoms with Gasteiger partial charge in [-0.05, 0) is 29.8 Å².